The van der Waals surface area contributed by atoms with E-state index in [4.69, 9.17) is 57.7 Å². The SMILES string of the molecule is C.CCCC.O.O=P(O)(O)O.O=P(O)(O)O.O=P(O)(O)O. The van der Waals surface area contributed by atoms with Gasteiger partial charge in [-0.2, -0.15) is 0 Å². The lowest BCUT2D eigenvalue weighted by Crippen LogP contribution is -1.66. The number of hydrogen-bond donors (Lipinski definition) is 9. The summed E-state index contributed by atoms with van der Waals surface area (Å²) in [5.74, 6) is 0. The smallest absolute Gasteiger partial charge is 0.412 e. The molecule has 0 heterocycles. The first-order chi connectivity index (χ1) is 7.91. The third-order valence-corrected chi connectivity index (χ3v) is 0.500. The van der Waals surface area contributed by atoms with E-state index < -0.39 is 23.5 Å². The van der Waals surface area contributed by atoms with Gasteiger partial charge in [-0.1, -0.05) is 34.1 Å². The molecule has 0 bridgehead atoms. The summed E-state index contributed by atoms with van der Waals surface area (Å²) in [4.78, 5) is 64.7. The van der Waals surface area contributed by atoms with Crippen molar-refractivity contribution in [1.29, 1.82) is 0 Å². The lowest BCUT2D eigenvalue weighted by molar-refractivity contribution is 0.272. The van der Waals surface area contributed by atoms with Crippen LogP contribution in [0.2, 0.25) is 0 Å². The van der Waals surface area contributed by atoms with E-state index in [1.54, 1.807) is 0 Å². The van der Waals surface area contributed by atoms with Crippen LogP contribution in [-0.4, -0.2) is 49.5 Å². The largest absolute Gasteiger partial charge is 0.466 e. The Labute approximate surface area is 122 Å². The Balaban J connectivity index is -0.0000000347. The molecule has 13 nitrogen and oxygen atoms in total. The van der Waals surface area contributed by atoms with Crippen molar-refractivity contribution in [3.05, 3.63) is 0 Å². The molecule has 0 unspecified atom stereocenters. The molecule has 0 atom stereocenters. The Hall–Kier alpha value is 0.290. The second-order valence-corrected chi connectivity index (χ2v) is 5.62. The molecular formula is C5H25O13P3. The normalized spacial score (nSPS) is 9.86. The standard InChI is InChI=1S/C4H10.CH4.3H3O4P.H2O/c1-3-4-2;;3*1-5(2,3)4;/h3-4H2,1-2H3;1H4;3*(H3,1,2,3,4);1H2. The van der Waals surface area contributed by atoms with Crippen LogP contribution in [-0.2, 0) is 13.7 Å². The van der Waals surface area contributed by atoms with Crippen molar-refractivity contribution in [2.24, 2.45) is 0 Å². The van der Waals surface area contributed by atoms with Gasteiger partial charge in [-0.3, -0.25) is 0 Å². The fraction of sp³-hybridized carbons (Fsp3) is 1.00. The zero-order valence-electron chi connectivity index (χ0n) is 10.5. The summed E-state index contributed by atoms with van der Waals surface area (Å²) in [5.41, 5.74) is 0. The average Bonchev–Trinajstić information content (AvgIpc) is 1.93. The van der Waals surface area contributed by atoms with E-state index >= 15 is 0 Å². The van der Waals surface area contributed by atoms with Crippen molar-refractivity contribution >= 4 is 23.5 Å². The van der Waals surface area contributed by atoms with Crippen LogP contribution in [0.1, 0.15) is 34.1 Å². The predicted octanol–water partition coefficient (Wildman–Crippen LogP) is -1.17. The van der Waals surface area contributed by atoms with Gasteiger partial charge in [-0.15, -0.1) is 0 Å². The van der Waals surface area contributed by atoms with Gasteiger partial charge in [0.1, 0.15) is 0 Å². The molecular weight excluding hydrogens is 361 g/mol. The maximum Gasteiger partial charge on any atom is 0.466 e. The summed E-state index contributed by atoms with van der Waals surface area (Å²) in [6, 6.07) is 0. The first-order valence-corrected chi connectivity index (χ1v) is 8.96. The van der Waals surface area contributed by atoms with E-state index in [1.165, 1.54) is 12.8 Å². The van der Waals surface area contributed by atoms with Crippen LogP contribution in [0.5, 0.6) is 0 Å². The molecule has 0 aliphatic heterocycles. The molecule has 0 aromatic carbocycles. The summed E-state index contributed by atoms with van der Waals surface area (Å²) in [5, 5.41) is 0. The molecule has 0 aliphatic rings. The third kappa shape index (κ3) is 4080. The molecule has 0 saturated carbocycles. The van der Waals surface area contributed by atoms with Crippen molar-refractivity contribution in [2.75, 3.05) is 0 Å². The van der Waals surface area contributed by atoms with Gasteiger partial charge in [0.15, 0.2) is 0 Å². The van der Waals surface area contributed by atoms with Crippen LogP contribution < -0.4 is 0 Å². The summed E-state index contributed by atoms with van der Waals surface area (Å²) in [7, 11) is -13.9. The zero-order chi connectivity index (χ0) is 16.9. The first kappa shape index (κ1) is 37.5. The fourth-order valence-corrected chi connectivity index (χ4v) is 0. The van der Waals surface area contributed by atoms with Gasteiger partial charge in [-0.05, 0) is 0 Å². The number of rotatable bonds is 1. The minimum atomic E-state index is -4.64. The molecule has 16 heteroatoms. The molecule has 21 heavy (non-hydrogen) atoms. The Morgan fingerprint density at radius 1 is 0.571 bits per heavy atom. The summed E-state index contributed by atoms with van der Waals surface area (Å²) < 4.78 is 26.6. The van der Waals surface area contributed by atoms with E-state index in [2.05, 4.69) is 13.8 Å². The Bertz CT molecular complexity index is 237. The van der Waals surface area contributed by atoms with Gasteiger partial charge in [0.2, 0.25) is 0 Å². The van der Waals surface area contributed by atoms with Crippen molar-refractivity contribution in [2.45, 2.75) is 34.1 Å². The molecule has 0 radical (unpaired) electrons. The van der Waals surface area contributed by atoms with Crippen molar-refractivity contribution in [3.63, 3.8) is 0 Å². The Morgan fingerprint density at radius 3 is 0.619 bits per heavy atom. The maximum atomic E-state index is 8.88. The summed E-state index contributed by atoms with van der Waals surface area (Å²) >= 11 is 0. The van der Waals surface area contributed by atoms with Crippen LogP contribution in [0.3, 0.4) is 0 Å². The second-order valence-electron chi connectivity index (χ2n) is 2.54. The van der Waals surface area contributed by atoms with E-state index in [1.807, 2.05) is 0 Å². The zero-order valence-corrected chi connectivity index (χ0v) is 13.2. The monoisotopic (exact) mass is 386 g/mol. The minimum Gasteiger partial charge on any atom is -0.412 e. The van der Waals surface area contributed by atoms with Crippen LogP contribution in [0.25, 0.3) is 0 Å². The van der Waals surface area contributed by atoms with E-state index in [0.717, 1.165) is 0 Å². The van der Waals surface area contributed by atoms with E-state index in [0.29, 0.717) is 0 Å². The van der Waals surface area contributed by atoms with Crippen molar-refractivity contribution in [1.82, 2.24) is 0 Å². The number of phosphoric acid groups is 3. The molecule has 0 saturated heterocycles. The van der Waals surface area contributed by atoms with Gasteiger partial charge in [0.25, 0.3) is 0 Å². The van der Waals surface area contributed by atoms with Crippen LogP contribution in [0, 0.1) is 0 Å². The quantitative estimate of drug-likeness (QED) is 0.241. The topological polar surface area (TPSA) is 265 Å². The maximum absolute atomic E-state index is 8.88. The predicted molar refractivity (Wildman–Crippen MR) is 73.7 cm³/mol. The lowest BCUT2D eigenvalue weighted by atomic mass is 10.4. The Kier molecular flexibility index (Phi) is 32.7. The number of hydrogen-bond acceptors (Lipinski definition) is 3. The molecule has 11 N–H and O–H groups in total. The van der Waals surface area contributed by atoms with Crippen molar-refractivity contribution in [3.8, 4) is 0 Å². The molecule has 0 fully saturated rings. The lowest BCUT2D eigenvalue weighted by Gasteiger charge is -1.82. The van der Waals surface area contributed by atoms with Crippen LogP contribution in [0.4, 0.5) is 0 Å². The van der Waals surface area contributed by atoms with E-state index in [-0.39, 0.29) is 12.9 Å². The van der Waals surface area contributed by atoms with Gasteiger partial charge in [0, 0.05) is 0 Å². The third-order valence-electron chi connectivity index (χ3n) is 0.500. The first-order valence-electron chi connectivity index (χ1n) is 4.26. The molecule has 0 aliphatic carbocycles. The van der Waals surface area contributed by atoms with Crippen molar-refractivity contribution < 1.29 is 63.2 Å². The average molecular weight is 386 g/mol. The minimum absolute atomic E-state index is 0. The highest BCUT2D eigenvalue weighted by atomic mass is 31.2. The molecule has 138 valence electrons. The molecule has 0 rings (SSSR count). The van der Waals surface area contributed by atoms with Gasteiger partial charge in [-0.25, -0.2) is 13.7 Å². The van der Waals surface area contributed by atoms with Gasteiger partial charge < -0.3 is 49.5 Å². The molecule has 0 aromatic heterocycles. The van der Waals surface area contributed by atoms with Crippen LogP contribution >= 0.6 is 23.5 Å². The molecule has 0 aromatic rings. The summed E-state index contributed by atoms with van der Waals surface area (Å²) in [6.45, 7) is 4.36. The molecule has 0 amide bonds. The highest BCUT2D eigenvalue weighted by Gasteiger charge is 2.01. The van der Waals surface area contributed by atoms with E-state index in [9.17, 15) is 0 Å². The van der Waals surface area contributed by atoms with Crippen LogP contribution in [0.15, 0.2) is 0 Å². The fourth-order valence-electron chi connectivity index (χ4n) is 0. The van der Waals surface area contributed by atoms with Gasteiger partial charge in [0.05, 0.1) is 0 Å². The second kappa shape index (κ2) is 18.3. The summed E-state index contributed by atoms with van der Waals surface area (Å²) in [6.07, 6.45) is 2.64. The Morgan fingerprint density at radius 2 is 0.619 bits per heavy atom. The number of unbranched alkanes of at least 4 members (excludes halogenated alkanes) is 1. The highest BCUT2D eigenvalue weighted by Crippen LogP contribution is 2.26. The molecule has 0 spiro atoms. The van der Waals surface area contributed by atoms with Gasteiger partial charge >= 0.3 is 23.5 Å². The highest BCUT2D eigenvalue weighted by molar-refractivity contribution is 7.45.